The topological polar surface area (TPSA) is 24.4 Å². The van der Waals surface area contributed by atoms with Crippen LogP contribution >= 0.6 is 0 Å². The number of aliphatic imine (C=N–C) groups is 1. The third-order valence-corrected chi connectivity index (χ3v) is 2.13. The second kappa shape index (κ2) is 5.43. The lowest BCUT2D eigenvalue weighted by Gasteiger charge is -2.09. The summed E-state index contributed by atoms with van der Waals surface area (Å²) in [6.07, 6.45) is 0. The Kier molecular flexibility index (Phi) is 4.92. The van der Waals surface area contributed by atoms with Crippen LogP contribution in [0.4, 0.5) is 11.4 Å². The van der Waals surface area contributed by atoms with E-state index in [1.807, 2.05) is 13.1 Å². The first-order valence-corrected chi connectivity index (χ1v) is 4.47. The molecule has 0 aromatic heterocycles. The normalized spacial score (nSPS) is 9.43. The van der Waals surface area contributed by atoms with Crippen molar-refractivity contribution in [3.8, 4) is 0 Å². The van der Waals surface area contributed by atoms with Gasteiger partial charge in [0.15, 0.2) is 0 Å². The van der Waals surface area contributed by atoms with Crippen LogP contribution in [0.1, 0.15) is 32.8 Å². The second-order valence-electron chi connectivity index (χ2n) is 3.34. The van der Waals surface area contributed by atoms with Gasteiger partial charge in [-0.15, -0.1) is 0 Å². The Hall–Kier alpha value is -1.31. The minimum atomic E-state index is 0. The molecule has 2 nitrogen and oxygen atoms in total. The number of anilines is 1. The summed E-state index contributed by atoms with van der Waals surface area (Å²) in [4.78, 5) is 3.97. The molecule has 1 aromatic rings. The van der Waals surface area contributed by atoms with Gasteiger partial charge in [0.25, 0.3) is 0 Å². The zero-order valence-electron chi connectivity index (χ0n) is 8.46. The summed E-state index contributed by atoms with van der Waals surface area (Å²) in [6, 6.07) is 6.23. The standard InChI is InChI=1S/C11H16N2.CH4/c1-8(2)9-5-6-10(12-3)11(7-9)13-4;/h5-8,12H,4H2,1-3H3;1H4. The molecule has 0 amide bonds. The van der Waals surface area contributed by atoms with Gasteiger partial charge < -0.3 is 5.32 Å². The maximum Gasteiger partial charge on any atom is 0.0856 e. The molecular weight excluding hydrogens is 172 g/mol. The van der Waals surface area contributed by atoms with Crippen LogP contribution in [-0.4, -0.2) is 13.8 Å². The largest absolute Gasteiger partial charge is 0.386 e. The highest BCUT2D eigenvalue weighted by molar-refractivity contribution is 5.68. The molecular formula is C12H20N2. The van der Waals surface area contributed by atoms with Gasteiger partial charge in [0.05, 0.1) is 11.4 Å². The van der Waals surface area contributed by atoms with Crippen LogP contribution in [0.2, 0.25) is 0 Å². The van der Waals surface area contributed by atoms with E-state index in [1.165, 1.54) is 5.56 Å². The average molecular weight is 192 g/mol. The Labute approximate surface area is 87.1 Å². The van der Waals surface area contributed by atoms with Crippen molar-refractivity contribution in [2.24, 2.45) is 4.99 Å². The molecule has 0 unspecified atom stereocenters. The van der Waals surface area contributed by atoms with Gasteiger partial charge in [0.2, 0.25) is 0 Å². The molecule has 78 valence electrons. The molecule has 0 saturated carbocycles. The van der Waals surface area contributed by atoms with Crippen LogP contribution in [0.25, 0.3) is 0 Å². The summed E-state index contributed by atoms with van der Waals surface area (Å²) < 4.78 is 0. The van der Waals surface area contributed by atoms with Crippen molar-refractivity contribution in [1.29, 1.82) is 0 Å². The average Bonchev–Trinajstić information content (AvgIpc) is 2.16. The number of hydrogen-bond donors (Lipinski definition) is 1. The van der Waals surface area contributed by atoms with Gasteiger partial charge in [-0.2, -0.15) is 0 Å². The Morgan fingerprint density at radius 3 is 2.43 bits per heavy atom. The molecule has 1 aromatic carbocycles. The smallest absolute Gasteiger partial charge is 0.0856 e. The fraction of sp³-hybridized carbons (Fsp3) is 0.417. The van der Waals surface area contributed by atoms with Crippen LogP contribution in [0.15, 0.2) is 23.2 Å². The van der Waals surface area contributed by atoms with Crippen molar-refractivity contribution in [1.82, 2.24) is 0 Å². The highest BCUT2D eigenvalue weighted by atomic mass is 14.9. The lowest BCUT2D eigenvalue weighted by molar-refractivity contribution is 0.867. The zero-order valence-corrected chi connectivity index (χ0v) is 8.46. The van der Waals surface area contributed by atoms with Crippen molar-refractivity contribution < 1.29 is 0 Å². The van der Waals surface area contributed by atoms with E-state index < -0.39 is 0 Å². The highest BCUT2D eigenvalue weighted by Crippen LogP contribution is 2.28. The van der Waals surface area contributed by atoms with E-state index in [4.69, 9.17) is 0 Å². The first-order chi connectivity index (χ1) is 6.19. The number of nitrogens with one attached hydrogen (secondary N) is 1. The van der Waals surface area contributed by atoms with Crippen LogP contribution in [0.5, 0.6) is 0 Å². The predicted octanol–water partition coefficient (Wildman–Crippen LogP) is 3.82. The van der Waals surface area contributed by atoms with Crippen LogP contribution < -0.4 is 5.32 Å². The lowest BCUT2D eigenvalue weighted by atomic mass is 10.0. The minimum absolute atomic E-state index is 0. The second-order valence-corrected chi connectivity index (χ2v) is 3.34. The molecule has 0 radical (unpaired) electrons. The van der Waals surface area contributed by atoms with Gasteiger partial charge in [0, 0.05) is 7.05 Å². The molecule has 2 heteroatoms. The highest BCUT2D eigenvalue weighted by Gasteiger charge is 2.03. The summed E-state index contributed by atoms with van der Waals surface area (Å²) in [5, 5.41) is 3.08. The van der Waals surface area contributed by atoms with Gasteiger partial charge in [0.1, 0.15) is 0 Å². The fourth-order valence-corrected chi connectivity index (χ4v) is 1.25. The number of hydrogen-bond acceptors (Lipinski definition) is 2. The molecule has 14 heavy (non-hydrogen) atoms. The summed E-state index contributed by atoms with van der Waals surface area (Å²) in [7, 11) is 1.89. The Balaban J connectivity index is 0.00000169. The quantitative estimate of drug-likeness (QED) is 0.723. The van der Waals surface area contributed by atoms with E-state index in [2.05, 4.69) is 43.0 Å². The minimum Gasteiger partial charge on any atom is -0.386 e. The molecule has 0 aliphatic carbocycles. The molecule has 0 aliphatic heterocycles. The maximum atomic E-state index is 3.97. The van der Waals surface area contributed by atoms with Gasteiger partial charge in [-0.3, -0.25) is 4.99 Å². The Bertz CT molecular complexity index is 303. The Morgan fingerprint density at radius 1 is 1.36 bits per heavy atom. The third-order valence-electron chi connectivity index (χ3n) is 2.13. The summed E-state index contributed by atoms with van der Waals surface area (Å²) in [6.45, 7) is 7.89. The van der Waals surface area contributed by atoms with Crippen LogP contribution in [0.3, 0.4) is 0 Å². The van der Waals surface area contributed by atoms with Gasteiger partial charge in [-0.25, -0.2) is 0 Å². The van der Waals surface area contributed by atoms with E-state index in [0.717, 1.165) is 11.4 Å². The molecule has 0 bridgehead atoms. The third kappa shape index (κ3) is 2.59. The number of benzene rings is 1. The molecule has 0 saturated heterocycles. The monoisotopic (exact) mass is 192 g/mol. The molecule has 0 heterocycles. The van der Waals surface area contributed by atoms with Gasteiger partial charge in [-0.1, -0.05) is 27.3 Å². The fourth-order valence-electron chi connectivity index (χ4n) is 1.25. The summed E-state index contributed by atoms with van der Waals surface area (Å²) in [5.41, 5.74) is 3.24. The van der Waals surface area contributed by atoms with E-state index in [-0.39, 0.29) is 7.43 Å². The molecule has 0 aliphatic rings. The van der Waals surface area contributed by atoms with Crippen LogP contribution in [0, 0.1) is 0 Å². The molecule has 0 spiro atoms. The first kappa shape index (κ1) is 12.7. The van der Waals surface area contributed by atoms with E-state index in [1.54, 1.807) is 0 Å². The van der Waals surface area contributed by atoms with E-state index in [0.29, 0.717) is 5.92 Å². The first-order valence-electron chi connectivity index (χ1n) is 4.47. The Morgan fingerprint density at radius 2 is 2.00 bits per heavy atom. The lowest BCUT2D eigenvalue weighted by Crippen LogP contribution is -1.91. The van der Waals surface area contributed by atoms with E-state index in [9.17, 15) is 0 Å². The number of nitrogens with zero attached hydrogens (tertiary/aromatic N) is 1. The molecule has 1 N–H and O–H groups in total. The van der Waals surface area contributed by atoms with Gasteiger partial charge >= 0.3 is 0 Å². The molecule has 0 fully saturated rings. The van der Waals surface area contributed by atoms with E-state index >= 15 is 0 Å². The molecule has 0 atom stereocenters. The van der Waals surface area contributed by atoms with Crippen molar-refractivity contribution >= 4 is 18.1 Å². The zero-order chi connectivity index (χ0) is 9.84. The summed E-state index contributed by atoms with van der Waals surface area (Å²) in [5.74, 6) is 0.534. The SMILES string of the molecule is C.C=Nc1cc(C(C)C)ccc1NC. The van der Waals surface area contributed by atoms with Crippen molar-refractivity contribution in [3.05, 3.63) is 23.8 Å². The van der Waals surface area contributed by atoms with Crippen molar-refractivity contribution in [3.63, 3.8) is 0 Å². The maximum absolute atomic E-state index is 3.97. The molecule has 1 rings (SSSR count). The summed E-state index contributed by atoms with van der Waals surface area (Å²) >= 11 is 0. The van der Waals surface area contributed by atoms with Crippen molar-refractivity contribution in [2.45, 2.75) is 27.2 Å². The van der Waals surface area contributed by atoms with Gasteiger partial charge in [-0.05, 0) is 30.3 Å². The number of rotatable bonds is 3. The predicted molar refractivity (Wildman–Crippen MR) is 66.0 cm³/mol. The van der Waals surface area contributed by atoms with Crippen molar-refractivity contribution in [2.75, 3.05) is 12.4 Å². The van der Waals surface area contributed by atoms with Crippen LogP contribution in [-0.2, 0) is 0 Å².